The Labute approximate surface area is 171 Å². The minimum atomic E-state index is -0.792. The van der Waals surface area contributed by atoms with Gasteiger partial charge in [0, 0.05) is 24.1 Å². The minimum Gasteiger partial charge on any atom is -0.452 e. The van der Waals surface area contributed by atoms with E-state index in [4.69, 9.17) is 4.74 Å². The number of hydrogen-bond acceptors (Lipinski definition) is 7. The summed E-state index contributed by atoms with van der Waals surface area (Å²) >= 11 is 1.48. The Morgan fingerprint density at radius 1 is 1.14 bits per heavy atom. The Kier molecular flexibility index (Phi) is 7.72. The van der Waals surface area contributed by atoms with E-state index in [1.54, 1.807) is 12.1 Å². The largest absolute Gasteiger partial charge is 0.452 e. The normalized spacial score (nSPS) is 10.1. The van der Waals surface area contributed by atoms with Gasteiger partial charge in [0.2, 0.25) is 5.91 Å². The maximum absolute atomic E-state index is 12.2. The number of non-ortho nitro benzene ring substituents is 1. The molecule has 9 nitrogen and oxygen atoms in total. The Bertz CT molecular complexity index is 916. The molecule has 0 radical (unpaired) electrons. The standard InChI is InChI=1S/C19H19N3O6S/c1-21(11-17(23)20-15-5-3-4-6-16(15)29-2)18(24)12-28-19(25)13-7-9-14(10-8-13)22(26)27/h3-10H,11-12H2,1-2H3,(H,20,23). The lowest BCUT2D eigenvalue weighted by Gasteiger charge is -2.17. The molecular weight excluding hydrogens is 398 g/mol. The van der Waals surface area contributed by atoms with Crippen molar-refractivity contribution in [2.75, 3.05) is 31.8 Å². The number of hydrogen-bond donors (Lipinski definition) is 1. The van der Waals surface area contributed by atoms with Gasteiger partial charge < -0.3 is 15.0 Å². The van der Waals surface area contributed by atoms with Crippen LogP contribution in [0.15, 0.2) is 53.4 Å². The van der Waals surface area contributed by atoms with E-state index in [1.165, 1.54) is 43.1 Å². The van der Waals surface area contributed by atoms with E-state index < -0.39 is 23.4 Å². The summed E-state index contributed by atoms with van der Waals surface area (Å²) < 4.78 is 4.91. The molecule has 2 aromatic rings. The van der Waals surface area contributed by atoms with Crippen molar-refractivity contribution >= 4 is 40.9 Å². The highest BCUT2D eigenvalue weighted by Gasteiger charge is 2.17. The van der Waals surface area contributed by atoms with Gasteiger partial charge in [-0.05, 0) is 30.5 Å². The number of anilines is 1. The van der Waals surface area contributed by atoms with Gasteiger partial charge in [-0.2, -0.15) is 0 Å². The second-order valence-electron chi connectivity index (χ2n) is 5.88. The number of amides is 2. The highest BCUT2D eigenvalue weighted by atomic mass is 32.2. The maximum Gasteiger partial charge on any atom is 0.338 e. The summed E-state index contributed by atoms with van der Waals surface area (Å²) in [5.74, 6) is -1.74. The summed E-state index contributed by atoms with van der Waals surface area (Å²) in [5.41, 5.74) is 0.569. The van der Waals surface area contributed by atoms with Crippen molar-refractivity contribution in [3.8, 4) is 0 Å². The van der Waals surface area contributed by atoms with E-state index in [0.29, 0.717) is 5.69 Å². The van der Waals surface area contributed by atoms with E-state index in [0.717, 1.165) is 9.80 Å². The van der Waals surface area contributed by atoms with Crippen molar-refractivity contribution in [2.45, 2.75) is 4.90 Å². The topological polar surface area (TPSA) is 119 Å². The van der Waals surface area contributed by atoms with Crippen LogP contribution in [0.25, 0.3) is 0 Å². The first-order valence-electron chi connectivity index (χ1n) is 8.40. The average molecular weight is 417 g/mol. The third-order valence-corrected chi connectivity index (χ3v) is 4.62. The zero-order valence-corrected chi connectivity index (χ0v) is 16.6. The van der Waals surface area contributed by atoms with Crippen LogP contribution in [0.4, 0.5) is 11.4 Å². The van der Waals surface area contributed by atoms with Gasteiger partial charge in [-0.3, -0.25) is 19.7 Å². The number of thioether (sulfide) groups is 1. The first kappa shape index (κ1) is 21.9. The number of carbonyl (C=O) groups excluding carboxylic acids is 3. The van der Waals surface area contributed by atoms with Crippen molar-refractivity contribution in [3.63, 3.8) is 0 Å². The highest BCUT2D eigenvalue weighted by molar-refractivity contribution is 7.98. The molecular formula is C19H19N3O6S. The number of ether oxygens (including phenoxy) is 1. The lowest BCUT2D eigenvalue weighted by Crippen LogP contribution is -2.37. The van der Waals surface area contributed by atoms with Crippen LogP contribution in [-0.2, 0) is 14.3 Å². The third-order valence-electron chi connectivity index (χ3n) is 3.83. The van der Waals surface area contributed by atoms with Crippen LogP contribution in [0.3, 0.4) is 0 Å². The molecule has 0 saturated heterocycles. The first-order chi connectivity index (χ1) is 13.8. The molecule has 0 aromatic heterocycles. The number of nitrogens with zero attached hydrogens (tertiary/aromatic N) is 2. The van der Waals surface area contributed by atoms with Gasteiger partial charge in [0.25, 0.3) is 11.6 Å². The molecule has 0 unspecified atom stereocenters. The van der Waals surface area contributed by atoms with Crippen LogP contribution in [-0.4, -0.2) is 54.1 Å². The molecule has 2 amide bonds. The first-order valence-corrected chi connectivity index (χ1v) is 9.62. The van der Waals surface area contributed by atoms with Crippen molar-refractivity contribution in [2.24, 2.45) is 0 Å². The lowest BCUT2D eigenvalue weighted by atomic mass is 10.2. The van der Waals surface area contributed by atoms with Crippen LogP contribution >= 0.6 is 11.8 Å². The van der Waals surface area contributed by atoms with Gasteiger partial charge in [-0.25, -0.2) is 4.79 Å². The number of rotatable bonds is 8. The van der Waals surface area contributed by atoms with Gasteiger partial charge >= 0.3 is 5.97 Å². The zero-order chi connectivity index (χ0) is 21.4. The second kappa shape index (κ2) is 10.2. The van der Waals surface area contributed by atoms with Gasteiger partial charge in [0.1, 0.15) is 0 Å². The number of nitro benzene ring substituents is 1. The summed E-state index contributed by atoms with van der Waals surface area (Å²) in [6, 6.07) is 12.1. The molecule has 0 heterocycles. The maximum atomic E-state index is 12.2. The molecule has 10 heteroatoms. The summed E-state index contributed by atoms with van der Waals surface area (Å²) in [4.78, 5) is 48.3. The highest BCUT2D eigenvalue weighted by Crippen LogP contribution is 2.24. The molecule has 0 aliphatic heterocycles. The van der Waals surface area contributed by atoms with Crippen molar-refractivity contribution in [3.05, 3.63) is 64.2 Å². The van der Waals surface area contributed by atoms with Gasteiger partial charge in [-0.15, -0.1) is 11.8 Å². The fourth-order valence-corrected chi connectivity index (χ4v) is 2.83. The molecule has 0 spiro atoms. The van der Waals surface area contributed by atoms with Gasteiger partial charge in [0.15, 0.2) is 6.61 Å². The predicted molar refractivity (Wildman–Crippen MR) is 108 cm³/mol. The molecule has 0 atom stereocenters. The molecule has 29 heavy (non-hydrogen) atoms. The number of benzene rings is 2. The fraction of sp³-hybridized carbons (Fsp3) is 0.211. The third kappa shape index (κ3) is 6.32. The summed E-state index contributed by atoms with van der Waals surface area (Å²) in [6.45, 7) is -0.766. The Morgan fingerprint density at radius 3 is 2.41 bits per heavy atom. The van der Waals surface area contributed by atoms with Crippen molar-refractivity contribution < 1.29 is 24.0 Å². The van der Waals surface area contributed by atoms with Crippen molar-refractivity contribution in [1.29, 1.82) is 0 Å². The van der Waals surface area contributed by atoms with Crippen LogP contribution in [0.1, 0.15) is 10.4 Å². The summed E-state index contributed by atoms with van der Waals surface area (Å²) in [6.07, 6.45) is 1.89. The summed E-state index contributed by atoms with van der Waals surface area (Å²) in [7, 11) is 1.42. The summed E-state index contributed by atoms with van der Waals surface area (Å²) in [5, 5.41) is 13.4. The van der Waals surface area contributed by atoms with E-state index in [9.17, 15) is 24.5 Å². The Morgan fingerprint density at radius 2 is 1.79 bits per heavy atom. The predicted octanol–water partition coefficient (Wildman–Crippen LogP) is 2.57. The Balaban J connectivity index is 1.84. The molecule has 152 valence electrons. The number of carbonyl (C=O) groups is 3. The van der Waals surface area contributed by atoms with E-state index in [2.05, 4.69) is 5.32 Å². The van der Waals surface area contributed by atoms with Crippen LogP contribution in [0, 0.1) is 10.1 Å². The molecule has 0 aliphatic rings. The molecule has 0 bridgehead atoms. The number of nitro groups is 1. The average Bonchev–Trinajstić information content (AvgIpc) is 2.72. The van der Waals surface area contributed by atoms with Crippen molar-refractivity contribution in [1.82, 2.24) is 4.90 Å². The number of nitrogens with one attached hydrogen (secondary N) is 1. The van der Waals surface area contributed by atoms with Gasteiger partial charge in [-0.1, -0.05) is 12.1 Å². The number of para-hydroxylation sites is 1. The SMILES string of the molecule is CSc1ccccc1NC(=O)CN(C)C(=O)COC(=O)c1ccc([N+](=O)[O-])cc1. The molecule has 2 rings (SSSR count). The Hall–Kier alpha value is -3.40. The van der Waals surface area contributed by atoms with Gasteiger partial charge in [0.05, 0.1) is 22.7 Å². The molecule has 1 N–H and O–H groups in total. The fourth-order valence-electron chi connectivity index (χ4n) is 2.28. The molecule has 0 saturated carbocycles. The van der Waals surface area contributed by atoms with Crippen LogP contribution in [0.5, 0.6) is 0 Å². The van der Waals surface area contributed by atoms with Crippen LogP contribution < -0.4 is 5.32 Å². The zero-order valence-electron chi connectivity index (χ0n) is 15.8. The van der Waals surface area contributed by atoms with Crippen LogP contribution in [0.2, 0.25) is 0 Å². The molecule has 0 fully saturated rings. The quantitative estimate of drug-likeness (QED) is 0.303. The monoisotopic (exact) mass is 417 g/mol. The number of esters is 1. The molecule has 2 aromatic carbocycles. The van der Waals surface area contributed by atoms with E-state index >= 15 is 0 Å². The van der Waals surface area contributed by atoms with E-state index in [1.807, 2.05) is 18.4 Å². The number of likely N-dealkylation sites (N-methyl/N-ethyl adjacent to an activating group) is 1. The second-order valence-corrected chi connectivity index (χ2v) is 6.73. The minimum absolute atomic E-state index is 0.0810. The molecule has 0 aliphatic carbocycles. The van der Waals surface area contributed by atoms with E-state index in [-0.39, 0.29) is 23.7 Å². The smallest absolute Gasteiger partial charge is 0.338 e. The lowest BCUT2D eigenvalue weighted by molar-refractivity contribution is -0.384.